The number of pyridine rings is 1. The van der Waals surface area contributed by atoms with Gasteiger partial charge in [0.25, 0.3) is 0 Å². The van der Waals surface area contributed by atoms with E-state index in [0.29, 0.717) is 40.6 Å². The second-order valence-corrected chi connectivity index (χ2v) is 7.77. The van der Waals surface area contributed by atoms with Crippen molar-refractivity contribution in [3.63, 3.8) is 0 Å². The number of nitrogens with zero attached hydrogens (tertiary/aromatic N) is 3. The van der Waals surface area contributed by atoms with E-state index in [9.17, 15) is 17.6 Å². The van der Waals surface area contributed by atoms with Crippen LogP contribution in [0.1, 0.15) is 25.1 Å². The Hall–Kier alpha value is -1.93. The Bertz CT molecular complexity index is 971. The Balaban J connectivity index is 1.99. The highest BCUT2D eigenvalue weighted by Crippen LogP contribution is 2.41. The fourth-order valence-corrected chi connectivity index (χ4v) is 4.31. The lowest BCUT2D eigenvalue weighted by Crippen LogP contribution is -2.38. The molecule has 0 aliphatic carbocycles. The summed E-state index contributed by atoms with van der Waals surface area (Å²) in [6.45, 7) is 6.22. The van der Waals surface area contributed by atoms with Crippen LogP contribution in [-0.4, -0.2) is 27.0 Å². The second kappa shape index (κ2) is 6.06. The Morgan fingerprint density at radius 1 is 1.19 bits per heavy atom. The molecule has 0 fully saturated rings. The quantitative estimate of drug-likeness (QED) is 0.571. The van der Waals surface area contributed by atoms with Crippen molar-refractivity contribution < 1.29 is 17.6 Å². The molecule has 26 heavy (non-hydrogen) atoms. The molecule has 4 heterocycles. The van der Waals surface area contributed by atoms with Gasteiger partial charge in [-0.05, 0) is 32.0 Å². The van der Waals surface area contributed by atoms with Gasteiger partial charge in [-0.15, -0.1) is 11.3 Å². The van der Waals surface area contributed by atoms with Crippen molar-refractivity contribution in [2.45, 2.75) is 39.2 Å². The van der Waals surface area contributed by atoms with E-state index in [4.69, 9.17) is 0 Å². The molecule has 4 rings (SSSR count). The number of hydrogen-bond donors (Lipinski definition) is 0. The normalized spacial score (nSPS) is 15.8. The third-order valence-electron chi connectivity index (χ3n) is 4.85. The molecule has 1 aliphatic heterocycles. The highest BCUT2D eigenvalue weighted by atomic mass is 32.1. The summed E-state index contributed by atoms with van der Waals surface area (Å²) in [4.78, 5) is 7.01. The van der Waals surface area contributed by atoms with Gasteiger partial charge in [0.15, 0.2) is 5.13 Å². The number of rotatable bonds is 2. The molecule has 3 aromatic rings. The fraction of sp³-hybridized carbons (Fsp3) is 0.389. The molecule has 0 spiro atoms. The largest absolute Gasteiger partial charge is 0.417 e. The van der Waals surface area contributed by atoms with Crippen LogP contribution in [0.5, 0.6) is 0 Å². The molecule has 0 N–H and O–H groups in total. The molecule has 0 saturated heterocycles. The molecule has 0 saturated carbocycles. The van der Waals surface area contributed by atoms with Crippen molar-refractivity contribution in [2.75, 3.05) is 6.54 Å². The molecule has 138 valence electrons. The van der Waals surface area contributed by atoms with Crippen molar-refractivity contribution in [1.29, 1.82) is 0 Å². The lowest BCUT2D eigenvalue weighted by Gasteiger charge is -2.32. The van der Waals surface area contributed by atoms with Gasteiger partial charge in [0.05, 0.1) is 5.56 Å². The molecule has 0 unspecified atom stereocenters. The van der Waals surface area contributed by atoms with Crippen molar-refractivity contribution in [1.82, 2.24) is 14.5 Å². The lowest BCUT2D eigenvalue weighted by atomic mass is 10.1. The van der Waals surface area contributed by atoms with Gasteiger partial charge in [0, 0.05) is 53.4 Å². The molecule has 0 bridgehead atoms. The first-order valence-electron chi connectivity index (χ1n) is 8.34. The van der Waals surface area contributed by atoms with E-state index < -0.39 is 11.7 Å². The van der Waals surface area contributed by atoms with Gasteiger partial charge < -0.3 is 4.57 Å². The van der Waals surface area contributed by atoms with Crippen LogP contribution in [0.2, 0.25) is 0 Å². The maximum Gasteiger partial charge on any atom is 0.417 e. The van der Waals surface area contributed by atoms with Crippen LogP contribution in [0.25, 0.3) is 21.5 Å². The predicted molar refractivity (Wildman–Crippen MR) is 93.6 cm³/mol. The number of hydrogen-bond acceptors (Lipinski definition) is 3. The zero-order valence-corrected chi connectivity index (χ0v) is 15.1. The number of halogens is 4. The predicted octanol–water partition coefficient (Wildman–Crippen LogP) is 5.15. The summed E-state index contributed by atoms with van der Waals surface area (Å²) in [6.07, 6.45) is -3.59. The van der Waals surface area contributed by atoms with E-state index in [1.807, 2.05) is 4.57 Å². The summed E-state index contributed by atoms with van der Waals surface area (Å²) in [6, 6.07) is 4.43. The summed E-state index contributed by atoms with van der Waals surface area (Å²) in [7, 11) is 0. The maximum atomic E-state index is 13.6. The minimum atomic E-state index is -4.47. The maximum absolute atomic E-state index is 13.6. The van der Waals surface area contributed by atoms with Crippen molar-refractivity contribution in [3.8, 4) is 10.4 Å². The van der Waals surface area contributed by atoms with Crippen molar-refractivity contribution in [3.05, 3.63) is 40.8 Å². The third kappa shape index (κ3) is 2.81. The number of thiophene rings is 1. The summed E-state index contributed by atoms with van der Waals surface area (Å²) in [5, 5.41) is 0.0758. The van der Waals surface area contributed by atoms with Gasteiger partial charge in [-0.1, -0.05) is 0 Å². The molecule has 8 heteroatoms. The third-order valence-corrected chi connectivity index (χ3v) is 5.74. The number of aromatic nitrogens is 2. The van der Waals surface area contributed by atoms with Crippen LogP contribution >= 0.6 is 11.3 Å². The van der Waals surface area contributed by atoms with E-state index in [1.165, 1.54) is 6.07 Å². The molecule has 0 amide bonds. The molecular formula is C18H17F4N3S. The highest BCUT2D eigenvalue weighted by molar-refractivity contribution is 7.14. The molecule has 0 radical (unpaired) electrons. The minimum absolute atomic E-state index is 0.313. The van der Waals surface area contributed by atoms with Gasteiger partial charge in [-0.25, -0.2) is 4.98 Å². The zero-order chi connectivity index (χ0) is 18.6. The summed E-state index contributed by atoms with van der Waals surface area (Å²) in [5.74, 6) is 0. The Morgan fingerprint density at radius 3 is 2.58 bits per heavy atom. The molecule has 0 atom stereocenters. The molecule has 0 aromatic carbocycles. The topological polar surface area (TPSA) is 21.1 Å². The first-order valence-corrected chi connectivity index (χ1v) is 9.15. The number of alkyl halides is 3. The van der Waals surface area contributed by atoms with Crippen molar-refractivity contribution >= 4 is 22.4 Å². The Kier molecular flexibility index (Phi) is 4.07. The molecule has 3 nitrogen and oxygen atoms in total. The van der Waals surface area contributed by atoms with E-state index in [0.717, 1.165) is 35.8 Å². The average molecular weight is 383 g/mol. The zero-order valence-electron chi connectivity index (χ0n) is 14.3. The van der Waals surface area contributed by atoms with Crippen LogP contribution in [0.15, 0.2) is 24.4 Å². The van der Waals surface area contributed by atoms with Gasteiger partial charge in [-0.3, -0.25) is 4.90 Å². The average Bonchev–Trinajstić information content (AvgIpc) is 3.13. The van der Waals surface area contributed by atoms with Crippen LogP contribution in [0, 0.1) is 5.13 Å². The summed E-state index contributed by atoms with van der Waals surface area (Å²) < 4.78 is 55.2. The number of fused-ring (bicyclic) bond motifs is 3. The van der Waals surface area contributed by atoms with Crippen LogP contribution in [0.4, 0.5) is 17.6 Å². The minimum Gasteiger partial charge on any atom is -0.326 e. The van der Waals surface area contributed by atoms with Gasteiger partial charge in [0.2, 0.25) is 0 Å². The fourth-order valence-electron chi connectivity index (χ4n) is 3.50. The summed E-state index contributed by atoms with van der Waals surface area (Å²) >= 11 is 0.949. The van der Waals surface area contributed by atoms with Crippen molar-refractivity contribution in [2.24, 2.45) is 0 Å². The molecule has 3 aromatic heterocycles. The highest BCUT2D eigenvalue weighted by Gasteiger charge is 2.33. The second-order valence-electron chi connectivity index (χ2n) is 6.73. The van der Waals surface area contributed by atoms with Gasteiger partial charge in [0.1, 0.15) is 5.65 Å². The first kappa shape index (κ1) is 17.5. The standard InChI is InChI=1S/C18H17F4N3S/c1-10(2)24-5-6-25-13(9-24)16(14-3-4-15(19)26-14)12-7-11(18(20,21)22)8-23-17(12)25/h3-4,7-8,10H,5-6,9H2,1-2H3. The summed E-state index contributed by atoms with van der Waals surface area (Å²) in [5.41, 5.74) is 1.30. The Labute approximate surface area is 151 Å². The molecular weight excluding hydrogens is 366 g/mol. The van der Waals surface area contributed by atoms with E-state index in [1.54, 1.807) is 6.07 Å². The Morgan fingerprint density at radius 2 is 1.96 bits per heavy atom. The van der Waals surface area contributed by atoms with E-state index >= 15 is 0 Å². The van der Waals surface area contributed by atoms with E-state index in [-0.39, 0.29) is 5.13 Å². The van der Waals surface area contributed by atoms with Gasteiger partial charge in [-0.2, -0.15) is 17.6 Å². The first-order chi connectivity index (χ1) is 12.3. The van der Waals surface area contributed by atoms with E-state index in [2.05, 4.69) is 23.7 Å². The lowest BCUT2D eigenvalue weighted by molar-refractivity contribution is -0.137. The smallest absolute Gasteiger partial charge is 0.326 e. The van der Waals surface area contributed by atoms with Gasteiger partial charge >= 0.3 is 6.18 Å². The SMILES string of the molecule is CC(C)N1CCn2c(c(-c3ccc(F)s3)c3cc(C(F)(F)F)cnc32)C1. The van der Waals surface area contributed by atoms with Crippen LogP contribution in [-0.2, 0) is 19.3 Å². The monoisotopic (exact) mass is 383 g/mol. The van der Waals surface area contributed by atoms with Crippen LogP contribution in [0.3, 0.4) is 0 Å². The molecule has 1 aliphatic rings. The van der Waals surface area contributed by atoms with Crippen LogP contribution < -0.4 is 0 Å².